The number of aryl methyl sites for hydroxylation is 2. The summed E-state index contributed by atoms with van der Waals surface area (Å²) in [6, 6.07) is 4.56. The predicted molar refractivity (Wildman–Crippen MR) is 74.8 cm³/mol. The van der Waals surface area contributed by atoms with E-state index in [-0.39, 0.29) is 5.41 Å². The maximum absolute atomic E-state index is 5.98. The number of fused-ring (bicyclic) bond motifs is 2. The van der Waals surface area contributed by atoms with Gasteiger partial charge in [-0.3, -0.25) is 0 Å². The maximum Gasteiger partial charge on any atom is 0.134 e. The standard InChI is InChI=1S/C16H21NO/c1-16(2,3)15-12-7-10-5-4-6-11(10)8-13(12)18-14(15)9-17/h7-8H,4-6,9,17H2,1-3H3. The van der Waals surface area contributed by atoms with E-state index < -0.39 is 0 Å². The lowest BCUT2D eigenvalue weighted by Gasteiger charge is -2.19. The molecule has 0 unspecified atom stereocenters. The molecule has 0 aliphatic heterocycles. The zero-order valence-corrected chi connectivity index (χ0v) is 11.5. The van der Waals surface area contributed by atoms with Gasteiger partial charge in [0.1, 0.15) is 11.3 Å². The molecule has 2 aromatic rings. The Morgan fingerprint density at radius 2 is 1.83 bits per heavy atom. The van der Waals surface area contributed by atoms with Crippen LogP contribution in [0.15, 0.2) is 16.5 Å². The first-order valence-electron chi connectivity index (χ1n) is 6.78. The molecule has 2 heteroatoms. The molecule has 2 nitrogen and oxygen atoms in total. The Kier molecular flexibility index (Phi) is 2.53. The summed E-state index contributed by atoms with van der Waals surface area (Å²) in [7, 11) is 0. The summed E-state index contributed by atoms with van der Waals surface area (Å²) >= 11 is 0. The zero-order valence-electron chi connectivity index (χ0n) is 11.5. The van der Waals surface area contributed by atoms with Gasteiger partial charge in [0, 0.05) is 10.9 Å². The largest absolute Gasteiger partial charge is 0.459 e. The summed E-state index contributed by atoms with van der Waals surface area (Å²) in [6.45, 7) is 7.16. The Hall–Kier alpha value is -1.28. The molecule has 1 heterocycles. The van der Waals surface area contributed by atoms with E-state index in [9.17, 15) is 0 Å². The van der Waals surface area contributed by atoms with Crippen LogP contribution in [0, 0.1) is 0 Å². The minimum Gasteiger partial charge on any atom is -0.459 e. The van der Waals surface area contributed by atoms with Crippen LogP contribution in [0.1, 0.15) is 49.6 Å². The third-order valence-corrected chi connectivity index (χ3v) is 3.91. The van der Waals surface area contributed by atoms with Crippen molar-refractivity contribution in [2.24, 2.45) is 5.73 Å². The molecule has 0 spiro atoms. The normalized spacial score (nSPS) is 15.3. The molecule has 1 aliphatic carbocycles. The molecule has 0 radical (unpaired) electrons. The van der Waals surface area contributed by atoms with Crippen molar-refractivity contribution in [3.05, 3.63) is 34.6 Å². The Labute approximate surface area is 108 Å². The van der Waals surface area contributed by atoms with Gasteiger partial charge in [-0.25, -0.2) is 0 Å². The molecule has 2 N–H and O–H groups in total. The van der Waals surface area contributed by atoms with Crippen LogP contribution >= 0.6 is 0 Å². The second-order valence-electron chi connectivity index (χ2n) is 6.32. The summed E-state index contributed by atoms with van der Waals surface area (Å²) < 4.78 is 5.98. The molecule has 0 saturated heterocycles. The van der Waals surface area contributed by atoms with Crippen molar-refractivity contribution in [1.29, 1.82) is 0 Å². The number of nitrogens with two attached hydrogens (primary N) is 1. The number of benzene rings is 1. The van der Waals surface area contributed by atoms with Gasteiger partial charge in [-0.2, -0.15) is 0 Å². The van der Waals surface area contributed by atoms with Crippen LogP contribution in [-0.4, -0.2) is 0 Å². The van der Waals surface area contributed by atoms with E-state index in [4.69, 9.17) is 10.2 Å². The lowest BCUT2D eigenvalue weighted by Crippen LogP contribution is -2.14. The molecule has 0 fully saturated rings. The topological polar surface area (TPSA) is 39.2 Å². The molecule has 0 bridgehead atoms. The zero-order chi connectivity index (χ0) is 12.9. The molecule has 1 aliphatic rings. The Bertz CT molecular complexity index is 602. The number of rotatable bonds is 1. The van der Waals surface area contributed by atoms with Crippen molar-refractivity contribution in [2.45, 2.75) is 52.0 Å². The van der Waals surface area contributed by atoms with Crippen molar-refractivity contribution in [2.75, 3.05) is 0 Å². The average Bonchev–Trinajstić information content (AvgIpc) is 2.86. The van der Waals surface area contributed by atoms with Crippen molar-refractivity contribution < 1.29 is 4.42 Å². The molecule has 96 valence electrons. The third kappa shape index (κ3) is 1.67. The molecule has 1 aromatic carbocycles. The minimum absolute atomic E-state index is 0.0762. The van der Waals surface area contributed by atoms with Gasteiger partial charge in [0.05, 0.1) is 6.54 Å². The number of hydrogen-bond acceptors (Lipinski definition) is 2. The summed E-state index contributed by atoms with van der Waals surface area (Å²) in [4.78, 5) is 0. The summed E-state index contributed by atoms with van der Waals surface area (Å²) in [5.74, 6) is 0.946. The van der Waals surface area contributed by atoms with E-state index in [1.165, 1.54) is 41.3 Å². The highest BCUT2D eigenvalue weighted by molar-refractivity contribution is 5.85. The van der Waals surface area contributed by atoms with Crippen LogP contribution in [0.5, 0.6) is 0 Å². The molecular weight excluding hydrogens is 222 g/mol. The second kappa shape index (κ2) is 3.86. The van der Waals surface area contributed by atoms with Gasteiger partial charge in [-0.05, 0) is 47.9 Å². The van der Waals surface area contributed by atoms with E-state index >= 15 is 0 Å². The summed E-state index contributed by atoms with van der Waals surface area (Å²) in [5.41, 5.74) is 11.2. The van der Waals surface area contributed by atoms with Gasteiger partial charge in [-0.1, -0.05) is 20.8 Å². The van der Waals surface area contributed by atoms with Crippen LogP contribution in [0.4, 0.5) is 0 Å². The van der Waals surface area contributed by atoms with Crippen molar-refractivity contribution >= 4 is 11.0 Å². The molecule has 18 heavy (non-hydrogen) atoms. The first-order valence-corrected chi connectivity index (χ1v) is 6.78. The number of furan rings is 1. The molecule has 3 rings (SSSR count). The Morgan fingerprint density at radius 3 is 2.44 bits per heavy atom. The van der Waals surface area contributed by atoms with Crippen molar-refractivity contribution in [3.63, 3.8) is 0 Å². The van der Waals surface area contributed by atoms with E-state index in [0.717, 1.165) is 11.3 Å². The van der Waals surface area contributed by atoms with Crippen LogP contribution in [0.3, 0.4) is 0 Å². The monoisotopic (exact) mass is 243 g/mol. The van der Waals surface area contributed by atoms with E-state index in [2.05, 4.69) is 32.9 Å². The molecule has 0 atom stereocenters. The maximum atomic E-state index is 5.98. The van der Waals surface area contributed by atoms with E-state index in [0.29, 0.717) is 6.54 Å². The fraction of sp³-hybridized carbons (Fsp3) is 0.500. The highest BCUT2D eigenvalue weighted by Crippen LogP contribution is 2.38. The summed E-state index contributed by atoms with van der Waals surface area (Å²) in [6.07, 6.45) is 3.67. The first-order chi connectivity index (χ1) is 8.50. The van der Waals surface area contributed by atoms with Gasteiger partial charge in [-0.15, -0.1) is 0 Å². The SMILES string of the molecule is CC(C)(C)c1c(CN)oc2cc3c(cc12)CCC3. The fourth-order valence-electron chi connectivity index (χ4n) is 3.18. The average molecular weight is 243 g/mol. The lowest BCUT2D eigenvalue weighted by atomic mass is 9.84. The van der Waals surface area contributed by atoms with Crippen LogP contribution in [0.2, 0.25) is 0 Å². The Morgan fingerprint density at radius 1 is 1.17 bits per heavy atom. The van der Waals surface area contributed by atoms with Gasteiger partial charge in [0.2, 0.25) is 0 Å². The highest BCUT2D eigenvalue weighted by atomic mass is 16.3. The van der Waals surface area contributed by atoms with Crippen LogP contribution in [0.25, 0.3) is 11.0 Å². The lowest BCUT2D eigenvalue weighted by molar-refractivity contribution is 0.511. The van der Waals surface area contributed by atoms with Gasteiger partial charge in [0.15, 0.2) is 0 Å². The molecular formula is C16H21NO. The minimum atomic E-state index is 0.0762. The quantitative estimate of drug-likeness (QED) is 0.830. The highest BCUT2D eigenvalue weighted by Gasteiger charge is 2.26. The van der Waals surface area contributed by atoms with Gasteiger partial charge in [0.25, 0.3) is 0 Å². The van der Waals surface area contributed by atoms with Crippen LogP contribution in [-0.2, 0) is 24.8 Å². The number of hydrogen-bond donors (Lipinski definition) is 1. The van der Waals surface area contributed by atoms with E-state index in [1.54, 1.807) is 0 Å². The third-order valence-electron chi connectivity index (χ3n) is 3.91. The van der Waals surface area contributed by atoms with Gasteiger partial charge >= 0.3 is 0 Å². The summed E-state index contributed by atoms with van der Waals surface area (Å²) in [5, 5.41) is 1.27. The predicted octanol–water partition coefficient (Wildman–Crippen LogP) is 3.68. The fourth-order valence-corrected chi connectivity index (χ4v) is 3.18. The van der Waals surface area contributed by atoms with Gasteiger partial charge < -0.3 is 10.2 Å². The van der Waals surface area contributed by atoms with E-state index in [1.807, 2.05) is 0 Å². The van der Waals surface area contributed by atoms with Crippen molar-refractivity contribution in [3.8, 4) is 0 Å². The molecule has 0 amide bonds. The first kappa shape index (κ1) is 11.8. The smallest absolute Gasteiger partial charge is 0.134 e. The van der Waals surface area contributed by atoms with Crippen LogP contribution < -0.4 is 5.73 Å². The Balaban J connectivity index is 2.32. The molecule has 1 aromatic heterocycles. The second-order valence-corrected chi connectivity index (χ2v) is 6.32. The molecule has 0 saturated carbocycles. The van der Waals surface area contributed by atoms with Crippen molar-refractivity contribution in [1.82, 2.24) is 0 Å².